The number of benzene rings is 3. The molecule has 242 valence electrons. The number of phosphoric acid groups is 1. The Hall–Kier alpha value is -4.78. The highest BCUT2D eigenvalue weighted by molar-refractivity contribution is 7.46. The van der Waals surface area contributed by atoms with Crippen molar-refractivity contribution in [1.29, 1.82) is 0 Å². The molecule has 0 spiro atoms. The first-order valence-electron chi connectivity index (χ1n) is 14.7. The van der Waals surface area contributed by atoms with Crippen LogP contribution >= 0.6 is 7.82 Å². The molecule has 0 radical (unpaired) electrons. The first kappa shape index (κ1) is 32.6. The number of nitrogens with one attached hydrogen (secondary N) is 3. The van der Waals surface area contributed by atoms with Crippen LogP contribution in [-0.4, -0.2) is 74.0 Å². The van der Waals surface area contributed by atoms with Crippen molar-refractivity contribution in [2.75, 3.05) is 11.9 Å². The summed E-state index contributed by atoms with van der Waals surface area (Å²) in [6.07, 6.45) is 0.741. The van der Waals surface area contributed by atoms with Gasteiger partial charge in [0.1, 0.15) is 23.9 Å². The lowest BCUT2D eigenvalue weighted by atomic mass is 10.0. The maximum Gasteiger partial charge on any atom is 0.524 e. The zero-order valence-electron chi connectivity index (χ0n) is 24.9. The molecule has 2 aliphatic heterocycles. The molecular weight excluding hydrogens is 617 g/mol. The molecule has 0 bridgehead atoms. The van der Waals surface area contributed by atoms with Crippen molar-refractivity contribution in [3.63, 3.8) is 0 Å². The minimum absolute atomic E-state index is 0.00469. The van der Waals surface area contributed by atoms with Crippen molar-refractivity contribution >= 4 is 53.8 Å². The number of hydrogen-bond donors (Lipinski definition) is 5. The van der Waals surface area contributed by atoms with E-state index >= 15 is 0 Å². The SMILES string of the molecule is CC(=O)N[C@@H](Cc1ccc(OP(=O)(O)O)cc1)C(=O)N[C@H]1CCC(=O)N2CCC[C@@H](C(=O)Nc3cccc4ccccc34)N2C1=O. The van der Waals surface area contributed by atoms with Crippen molar-refractivity contribution < 1.29 is 42.8 Å². The van der Waals surface area contributed by atoms with Gasteiger partial charge in [-0.1, -0.05) is 48.5 Å². The monoisotopic (exact) mass is 651 g/mol. The first-order valence-corrected chi connectivity index (χ1v) is 16.3. The Kier molecular flexibility index (Phi) is 9.71. The van der Waals surface area contributed by atoms with Gasteiger partial charge < -0.3 is 20.5 Å². The largest absolute Gasteiger partial charge is 0.524 e. The van der Waals surface area contributed by atoms with E-state index in [4.69, 9.17) is 9.79 Å². The van der Waals surface area contributed by atoms with Crippen LogP contribution in [0.3, 0.4) is 0 Å². The van der Waals surface area contributed by atoms with Gasteiger partial charge in [-0.15, -0.1) is 0 Å². The van der Waals surface area contributed by atoms with Crippen molar-refractivity contribution in [2.45, 2.75) is 57.2 Å². The molecule has 5 N–H and O–H groups in total. The summed E-state index contributed by atoms with van der Waals surface area (Å²) in [5.74, 6) is -2.69. The molecule has 15 heteroatoms. The molecule has 2 fully saturated rings. The third-order valence-electron chi connectivity index (χ3n) is 7.81. The Bertz CT molecular complexity index is 1700. The number of hydrogen-bond acceptors (Lipinski definition) is 7. The van der Waals surface area contributed by atoms with Crippen LogP contribution in [0.1, 0.15) is 38.2 Å². The second-order valence-electron chi connectivity index (χ2n) is 11.2. The lowest BCUT2D eigenvalue weighted by molar-refractivity contribution is -0.175. The molecule has 5 amide bonds. The Balaban J connectivity index is 1.33. The summed E-state index contributed by atoms with van der Waals surface area (Å²) in [6.45, 7) is 1.48. The average molecular weight is 652 g/mol. The molecule has 2 saturated heterocycles. The van der Waals surface area contributed by atoms with Crippen LogP contribution in [0.25, 0.3) is 10.8 Å². The molecule has 0 aromatic heterocycles. The molecule has 46 heavy (non-hydrogen) atoms. The van der Waals surface area contributed by atoms with Crippen LogP contribution in [0.4, 0.5) is 5.69 Å². The Morgan fingerprint density at radius 1 is 1.00 bits per heavy atom. The normalized spacial score (nSPS) is 19.1. The van der Waals surface area contributed by atoms with Gasteiger partial charge in [-0.05, 0) is 48.4 Å². The second kappa shape index (κ2) is 13.7. The summed E-state index contributed by atoms with van der Waals surface area (Å²) in [6, 6.07) is 15.3. The van der Waals surface area contributed by atoms with E-state index in [1.54, 1.807) is 6.07 Å². The molecule has 0 aliphatic carbocycles. The summed E-state index contributed by atoms with van der Waals surface area (Å²) in [5.41, 5.74) is 1.10. The molecule has 3 atom stereocenters. The van der Waals surface area contributed by atoms with Crippen LogP contribution < -0.4 is 20.5 Å². The third-order valence-corrected chi connectivity index (χ3v) is 8.26. The average Bonchev–Trinajstić information content (AvgIpc) is 3.13. The molecule has 5 rings (SSSR count). The standard InChI is InChI=1S/C31H34N5O9P/c1-19(37)32-26(18-20-11-13-22(14-12-20)45-46(42,43)44)29(39)34-25-15-16-28(38)35-17-5-10-27(36(35)31(25)41)30(40)33-24-9-4-7-21-6-2-3-8-23(21)24/h2-4,6-9,11-14,25-27H,5,10,15-18H2,1H3,(H,32,37)(H,33,40)(H,34,39)(H2,42,43,44)/t25-,26-,27-/m0/s1. The lowest BCUT2D eigenvalue weighted by Crippen LogP contribution is -2.63. The smallest absolute Gasteiger partial charge is 0.404 e. The van der Waals surface area contributed by atoms with Crippen molar-refractivity contribution in [3.8, 4) is 5.75 Å². The van der Waals surface area contributed by atoms with Gasteiger partial charge in [-0.2, -0.15) is 0 Å². The third kappa shape index (κ3) is 7.71. The van der Waals surface area contributed by atoms with Crippen molar-refractivity contribution in [1.82, 2.24) is 20.7 Å². The predicted molar refractivity (Wildman–Crippen MR) is 166 cm³/mol. The second-order valence-corrected chi connectivity index (χ2v) is 12.3. The quantitative estimate of drug-likeness (QED) is 0.215. The number of fused-ring (bicyclic) bond motifs is 2. The van der Waals surface area contributed by atoms with E-state index in [9.17, 15) is 28.5 Å². The van der Waals surface area contributed by atoms with E-state index < -0.39 is 49.6 Å². The summed E-state index contributed by atoms with van der Waals surface area (Å²) in [7, 11) is -4.76. The number of rotatable bonds is 9. The van der Waals surface area contributed by atoms with Gasteiger partial charge in [0.25, 0.3) is 5.91 Å². The molecule has 2 aliphatic rings. The first-order chi connectivity index (χ1) is 21.9. The van der Waals surface area contributed by atoms with Gasteiger partial charge in [0.15, 0.2) is 0 Å². The van der Waals surface area contributed by atoms with E-state index in [1.165, 1.54) is 36.2 Å². The fourth-order valence-corrected chi connectivity index (χ4v) is 6.14. The number of hydrazine groups is 1. The summed E-state index contributed by atoms with van der Waals surface area (Å²) in [5, 5.41) is 12.4. The van der Waals surface area contributed by atoms with E-state index in [0.29, 0.717) is 24.1 Å². The molecule has 3 aromatic rings. The van der Waals surface area contributed by atoms with Gasteiger partial charge in [-0.3, -0.25) is 38.8 Å². The zero-order valence-corrected chi connectivity index (χ0v) is 25.8. The molecule has 0 unspecified atom stereocenters. The van der Waals surface area contributed by atoms with E-state index in [2.05, 4.69) is 20.5 Å². The van der Waals surface area contributed by atoms with E-state index in [0.717, 1.165) is 15.8 Å². The highest BCUT2D eigenvalue weighted by Gasteiger charge is 2.45. The van der Waals surface area contributed by atoms with Crippen LogP contribution in [0, 0.1) is 0 Å². The molecule has 0 saturated carbocycles. The maximum absolute atomic E-state index is 14.0. The predicted octanol–water partition coefficient (Wildman–Crippen LogP) is 2.01. The number of amides is 5. The summed E-state index contributed by atoms with van der Waals surface area (Å²) >= 11 is 0. The molecular formula is C31H34N5O9P. The fourth-order valence-electron chi connectivity index (χ4n) is 5.74. The highest BCUT2D eigenvalue weighted by Crippen LogP contribution is 2.37. The van der Waals surface area contributed by atoms with Crippen molar-refractivity contribution in [3.05, 3.63) is 72.3 Å². The highest BCUT2D eigenvalue weighted by atomic mass is 31.2. The van der Waals surface area contributed by atoms with Crippen LogP contribution in [0.15, 0.2) is 66.7 Å². The fraction of sp³-hybridized carbons (Fsp3) is 0.323. The number of carbonyl (C=O) groups excluding carboxylic acids is 5. The number of anilines is 1. The summed E-state index contributed by atoms with van der Waals surface area (Å²) in [4.78, 5) is 84.2. The maximum atomic E-state index is 14.0. The van der Waals surface area contributed by atoms with Crippen LogP contribution in [-0.2, 0) is 35.0 Å². The molecule has 3 aromatic carbocycles. The van der Waals surface area contributed by atoms with Gasteiger partial charge in [-0.25, -0.2) is 9.57 Å². The van der Waals surface area contributed by atoms with Gasteiger partial charge in [0, 0.05) is 37.4 Å². The van der Waals surface area contributed by atoms with Gasteiger partial charge >= 0.3 is 7.82 Å². The molecule has 14 nitrogen and oxygen atoms in total. The number of phosphoric ester groups is 1. The van der Waals surface area contributed by atoms with Crippen LogP contribution in [0.2, 0.25) is 0 Å². The zero-order chi connectivity index (χ0) is 33.0. The van der Waals surface area contributed by atoms with Crippen LogP contribution in [0.5, 0.6) is 5.75 Å². The summed E-state index contributed by atoms with van der Waals surface area (Å²) < 4.78 is 15.6. The number of nitrogens with zero attached hydrogens (tertiary/aromatic N) is 2. The Labute approximate surface area is 264 Å². The topological polar surface area (TPSA) is 195 Å². The van der Waals surface area contributed by atoms with E-state index in [-0.39, 0.29) is 37.5 Å². The molecule has 2 heterocycles. The van der Waals surface area contributed by atoms with E-state index in [1.807, 2.05) is 36.4 Å². The van der Waals surface area contributed by atoms with Gasteiger partial charge in [0.05, 0.1) is 0 Å². The number of carbonyl (C=O) groups is 5. The Morgan fingerprint density at radius 2 is 1.72 bits per heavy atom. The van der Waals surface area contributed by atoms with Gasteiger partial charge in [0.2, 0.25) is 23.6 Å². The minimum atomic E-state index is -4.76. The Morgan fingerprint density at radius 3 is 2.43 bits per heavy atom. The van der Waals surface area contributed by atoms with Crippen molar-refractivity contribution in [2.24, 2.45) is 0 Å². The lowest BCUT2D eigenvalue weighted by Gasteiger charge is -2.43. The minimum Gasteiger partial charge on any atom is -0.404 e.